The molecule has 2 heterocycles. The number of rotatable bonds is 6. The molecular formula is C27H28N2O6S. The Morgan fingerprint density at radius 3 is 2.36 bits per heavy atom. The normalized spacial score (nSPS) is 16.1. The molecule has 9 heteroatoms. The Bertz CT molecular complexity index is 1430. The van der Waals surface area contributed by atoms with Crippen LogP contribution in [0.4, 0.5) is 5.69 Å². The van der Waals surface area contributed by atoms with Gasteiger partial charge in [0.15, 0.2) is 6.61 Å². The quantitative estimate of drug-likeness (QED) is 0.471. The van der Waals surface area contributed by atoms with Crippen LogP contribution in [-0.4, -0.2) is 58.0 Å². The topological polar surface area (TPSA) is 93.2 Å². The lowest BCUT2D eigenvalue weighted by molar-refractivity contribution is -0.120. The number of carbonyl (C=O) groups is 2. The lowest BCUT2D eigenvalue weighted by Crippen LogP contribution is -2.39. The minimum atomic E-state index is -3.53. The maximum atomic E-state index is 13.2. The third-order valence-corrected chi connectivity index (χ3v) is 8.67. The fraction of sp³-hybridized carbons (Fsp3) is 0.333. The standard InChI is InChI=1S/C27H28N2O6S/c1-34-27(31)23-16-19-7-2-3-8-20(19)17-25(23)35-18-26(30)29-14-6-9-21-15-22(10-11-24(21)29)36(32,33)28-12-4-5-13-28/h2-3,7-8,10-11,15-17H,4-6,9,12-14,18H2,1H3. The number of sulfonamides is 1. The molecule has 2 aliphatic rings. The van der Waals surface area contributed by atoms with Gasteiger partial charge in [-0.25, -0.2) is 13.2 Å². The molecular weight excluding hydrogens is 480 g/mol. The summed E-state index contributed by atoms with van der Waals surface area (Å²) in [5.74, 6) is -0.536. The Balaban J connectivity index is 1.37. The van der Waals surface area contributed by atoms with E-state index >= 15 is 0 Å². The Hall–Kier alpha value is -3.43. The summed E-state index contributed by atoms with van der Waals surface area (Å²) in [6.07, 6.45) is 3.17. The number of anilines is 1. The summed E-state index contributed by atoms with van der Waals surface area (Å²) in [5.41, 5.74) is 1.78. The number of fused-ring (bicyclic) bond motifs is 2. The van der Waals surface area contributed by atoms with Crippen molar-refractivity contribution >= 4 is 38.4 Å². The van der Waals surface area contributed by atoms with Gasteiger partial charge in [0.2, 0.25) is 10.0 Å². The highest BCUT2D eigenvalue weighted by Crippen LogP contribution is 2.32. The highest BCUT2D eigenvalue weighted by Gasteiger charge is 2.30. The van der Waals surface area contributed by atoms with E-state index in [2.05, 4.69) is 0 Å². The van der Waals surface area contributed by atoms with Crippen LogP contribution in [-0.2, 0) is 26.0 Å². The van der Waals surface area contributed by atoms with Crippen molar-refractivity contribution in [3.63, 3.8) is 0 Å². The van der Waals surface area contributed by atoms with Crippen LogP contribution in [0.15, 0.2) is 59.5 Å². The van der Waals surface area contributed by atoms with E-state index in [1.807, 2.05) is 24.3 Å². The Morgan fingerprint density at radius 1 is 0.917 bits per heavy atom. The molecule has 5 rings (SSSR count). The van der Waals surface area contributed by atoms with Crippen molar-refractivity contribution in [1.29, 1.82) is 0 Å². The van der Waals surface area contributed by atoms with Crippen molar-refractivity contribution in [3.05, 3.63) is 65.7 Å². The molecule has 1 fully saturated rings. The second-order valence-electron chi connectivity index (χ2n) is 9.03. The van der Waals surface area contributed by atoms with Gasteiger partial charge in [0, 0.05) is 25.3 Å². The molecule has 1 saturated heterocycles. The van der Waals surface area contributed by atoms with E-state index in [-0.39, 0.29) is 28.7 Å². The van der Waals surface area contributed by atoms with Crippen LogP contribution in [0.1, 0.15) is 35.2 Å². The number of ether oxygens (including phenoxy) is 2. The maximum Gasteiger partial charge on any atom is 0.341 e. The number of hydrogen-bond donors (Lipinski definition) is 0. The fourth-order valence-electron chi connectivity index (χ4n) is 4.90. The first-order valence-corrected chi connectivity index (χ1v) is 13.5. The van der Waals surface area contributed by atoms with Crippen molar-refractivity contribution in [2.75, 3.05) is 38.3 Å². The minimum Gasteiger partial charge on any atom is -0.483 e. The van der Waals surface area contributed by atoms with Gasteiger partial charge >= 0.3 is 5.97 Å². The molecule has 0 spiro atoms. The van der Waals surface area contributed by atoms with Crippen LogP contribution in [0.5, 0.6) is 5.75 Å². The lowest BCUT2D eigenvalue weighted by Gasteiger charge is -2.30. The van der Waals surface area contributed by atoms with Gasteiger partial charge in [-0.05, 0) is 72.4 Å². The summed E-state index contributed by atoms with van der Waals surface area (Å²) in [6.45, 7) is 1.33. The van der Waals surface area contributed by atoms with E-state index in [0.717, 1.165) is 35.6 Å². The summed E-state index contributed by atoms with van der Waals surface area (Å²) in [7, 11) is -2.23. The molecule has 0 N–H and O–H groups in total. The molecule has 0 aromatic heterocycles. The number of nitrogens with zero attached hydrogens (tertiary/aromatic N) is 2. The molecule has 3 aromatic carbocycles. The lowest BCUT2D eigenvalue weighted by atomic mass is 10.0. The zero-order valence-corrected chi connectivity index (χ0v) is 20.9. The average molecular weight is 509 g/mol. The number of methoxy groups -OCH3 is 1. The Morgan fingerprint density at radius 2 is 1.64 bits per heavy atom. The van der Waals surface area contributed by atoms with Crippen molar-refractivity contribution in [3.8, 4) is 5.75 Å². The van der Waals surface area contributed by atoms with E-state index in [9.17, 15) is 18.0 Å². The Labute approximate surface area is 210 Å². The molecule has 0 unspecified atom stereocenters. The van der Waals surface area contributed by atoms with Crippen LogP contribution < -0.4 is 9.64 Å². The Kier molecular flexibility index (Phi) is 6.68. The van der Waals surface area contributed by atoms with Crippen LogP contribution in [0, 0.1) is 0 Å². The summed E-state index contributed by atoms with van der Waals surface area (Å²) < 4.78 is 38.3. The van der Waals surface area contributed by atoms with E-state index in [4.69, 9.17) is 9.47 Å². The van der Waals surface area contributed by atoms with Crippen molar-refractivity contribution in [2.24, 2.45) is 0 Å². The number of esters is 1. The molecule has 2 aliphatic heterocycles. The number of amides is 1. The first kappa shape index (κ1) is 24.3. The molecule has 36 heavy (non-hydrogen) atoms. The molecule has 0 atom stereocenters. The summed E-state index contributed by atoms with van der Waals surface area (Å²) in [6, 6.07) is 16.0. The SMILES string of the molecule is COC(=O)c1cc2ccccc2cc1OCC(=O)N1CCCc2cc(S(=O)(=O)N3CCCC3)ccc21. The first-order valence-electron chi connectivity index (χ1n) is 12.1. The van der Waals surface area contributed by atoms with Crippen molar-refractivity contribution in [1.82, 2.24) is 4.31 Å². The van der Waals surface area contributed by atoms with Gasteiger partial charge in [0.25, 0.3) is 5.91 Å². The smallest absolute Gasteiger partial charge is 0.341 e. The van der Waals surface area contributed by atoms with E-state index in [1.165, 1.54) is 11.4 Å². The second-order valence-corrected chi connectivity index (χ2v) is 11.0. The monoisotopic (exact) mass is 508 g/mol. The molecule has 3 aromatic rings. The maximum absolute atomic E-state index is 13.2. The number of hydrogen-bond acceptors (Lipinski definition) is 6. The average Bonchev–Trinajstić information content (AvgIpc) is 3.46. The third-order valence-electron chi connectivity index (χ3n) is 6.78. The largest absolute Gasteiger partial charge is 0.483 e. The molecule has 188 valence electrons. The highest BCUT2D eigenvalue weighted by atomic mass is 32.2. The molecule has 0 radical (unpaired) electrons. The van der Waals surface area contributed by atoms with Crippen LogP contribution >= 0.6 is 0 Å². The minimum absolute atomic E-state index is 0.250. The van der Waals surface area contributed by atoms with Gasteiger partial charge in [-0.15, -0.1) is 0 Å². The van der Waals surface area contributed by atoms with Crippen LogP contribution in [0.25, 0.3) is 10.8 Å². The second kappa shape index (κ2) is 9.91. The molecule has 0 aliphatic carbocycles. The van der Waals surface area contributed by atoms with Gasteiger partial charge in [0.05, 0.1) is 12.0 Å². The number of benzene rings is 3. The van der Waals surface area contributed by atoms with Gasteiger partial charge in [0.1, 0.15) is 11.3 Å². The predicted molar refractivity (Wildman–Crippen MR) is 136 cm³/mol. The van der Waals surface area contributed by atoms with E-state index in [0.29, 0.717) is 31.7 Å². The van der Waals surface area contributed by atoms with Gasteiger partial charge < -0.3 is 14.4 Å². The van der Waals surface area contributed by atoms with E-state index in [1.54, 1.807) is 35.2 Å². The highest BCUT2D eigenvalue weighted by molar-refractivity contribution is 7.89. The summed E-state index contributed by atoms with van der Waals surface area (Å²) in [5, 5.41) is 1.74. The first-order chi connectivity index (χ1) is 17.4. The zero-order valence-electron chi connectivity index (χ0n) is 20.1. The summed E-state index contributed by atoms with van der Waals surface area (Å²) in [4.78, 5) is 27.4. The molecule has 8 nitrogen and oxygen atoms in total. The molecule has 1 amide bonds. The van der Waals surface area contributed by atoms with Gasteiger partial charge in [-0.2, -0.15) is 4.31 Å². The van der Waals surface area contributed by atoms with E-state index < -0.39 is 16.0 Å². The van der Waals surface area contributed by atoms with Crippen molar-refractivity contribution in [2.45, 2.75) is 30.6 Å². The number of carbonyl (C=O) groups excluding carboxylic acids is 2. The third kappa shape index (κ3) is 4.56. The molecule has 0 saturated carbocycles. The zero-order chi connectivity index (χ0) is 25.3. The van der Waals surface area contributed by atoms with Crippen molar-refractivity contribution < 1.29 is 27.5 Å². The van der Waals surface area contributed by atoms with Crippen LogP contribution in [0.2, 0.25) is 0 Å². The fourth-order valence-corrected chi connectivity index (χ4v) is 6.46. The summed E-state index contributed by atoms with van der Waals surface area (Å²) >= 11 is 0. The van der Waals surface area contributed by atoms with Gasteiger partial charge in [-0.1, -0.05) is 24.3 Å². The van der Waals surface area contributed by atoms with Crippen LogP contribution in [0.3, 0.4) is 0 Å². The van der Waals surface area contributed by atoms with Gasteiger partial charge in [-0.3, -0.25) is 4.79 Å². The number of aryl methyl sites for hydroxylation is 1. The molecule has 0 bridgehead atoms. The predicted octanol–water partition coefficient (Wildman–Crippen LogP) is 3.77.